The smallest absolute Gasteiger partial charge is 0.239 e. The standard InChI is InChI=1S/C14H26N4O/c1-5-7-14(4,15)13(19)16-8-6-9-18-12(3)10-11(2)17-18/h10H,5-9,15H2,1-4H3,(H,16,19). The van der Waals surface area contributed by atoms with E-state index in [0.717, 1.165) is 30.8 Å². The molecule has 1 heterocycles. The lowest BCUT2D eigenvalue weighted by molar-refractivity contribution is -0.126. The molecule has 5 nitrogen and oxygen atoms in total. The highest BCUT2D eigenvalue weighted by molar-refractivity contribution is 5.85. The Kier molecular flexibility index (Phi) is 5.54. The Hall–Kier alpha value is -1.36. The summed E-state index contributed by atoms with van der Waals surface area (Å²) in [5.41, 5.74) is 7.38. The molecule has 0 fully saturated rings. The van der Waals surface area contributed by atoms with Crippen LogP contribution in [-0.4, -0.2) is 27.8 Å². The third-order valence-corrected chi connectivity index (χ3v) is 3.22. The predicted molar refractivity (Wildman–Crippen MR) is 76.8 cm³/mol. The minimum absolute atomic E-state index is 0.0669. The van der Waals surface area contributed by atoms with Crippen molar-refractivity contribution in [1.29, 1.82) is 0 Å². The summed E-state index contributed by atoms with van der Waals surface area (Å²) in [6, 6.07) is 2.05. The maximum absolute atomic E-state index is 11.9. The molecule has 5 heteroatoms. The summed E-state index contributed by atoms with van der Waals surface area (Å²) in [5.74, 6) is -0.0669. The Bertz CT molecular complexity index is 423. The van der Waals surface area contributed by atoms with E-state index in [4.69, 9.17) is 5.73 Å². The number of aromatic nitrogens is 2. The fourth-order valence-corrected chi connectivity index (χ4v) is 2.17. The van der Waals surface area contributed by atoms with E-state index in [1.165, 1.54) is 0 Å². The normalized spacial score (nSPS) is 14.2. The van der Waals surface area contributed by atoms with E-state index in [1.807, 2.05) is 25.5 Å². The zero-order chi connectivity index (χ0) is 14.5. The second-order valence-electron chi connectivity index (χ2n) is 5.43. The van der Waals surface area contributed by atoms with Crippen LogP contribution in [-0.2, 0) is 11.3 Å². The second-order valence-corrected chi connectivity index (χ2v) is 5.43. The van der Waals surface area contributed by atoms with Crippen LogP contribution >= 0.6 is 0 Å². The summed E-state index contributed by atoms with van der Waals surface area (Å²) in [6.07, 6.45) is 2.47. The number of amides is 1. The van der Waals surface area contributed by atoms with Crippen molar-refractivity contribution in [1.82, 2.24) is 15.1 Å². The molecule has 0 bridgehead atoms. The zero-order valence-corrected chi connectivity index (χ0v) is 12.5. The van der Waals surface area contributed by atoms with Crippen molar-refractivity contribution in [2.24, 2.45) is 5.73 Å². The Morgan fingerprint density at radius 2 is 2.21 bits per heavy atom. The van der Waals surface area contributed by atoms with Crippen LogP contribution in [0.5, 0.6) is 0 Å². The average molecular weight is 266 g/mol. The fraction of sp³-hybridized carbons (Fsp3) is 0.714. The number of hydrogen-bond donors (Lipinski definition) is 2. The van der Waals surface area contributed by atoms with E-state index in [2.05, 4.69) is 16.5 Å². The maximum Gasteiger partial charge on any atom is 0.239 e. The Morgan fingerprint density at radius 3 is 2.74 bits per heavy atom. The Labute approximate surface area is 115 Å². The summed E-state index contributed by atoms with van der Waals surface area (Å²) in [4.78, 5) is 11.9. The molecule has 1 aromatic heterocycles. The lowest BCUT2D eigenvalue weighted by Crippen LogP contribution is -2.51. The van der Waals surface area contributed by atoms with E-state index < -0.39 is 5.54 Å². The van der Waals surface area contributed by atoms with Crippen LogP contribution in [0, 0.1) is 13.8 Å². The molecule has 1 amide bonds. The first-order valence-corrected chi connectivity index (χ1v) is 6.95. The van der Waals surface area contributed by atoms with Crippen molar-refractivity contribution >= 4 is 5.91 Å². The molecule has 0 spiro atoms. The van der Waals surface area contributed by atoms with Gasteiger partial charge in [-0.3, -0.25) is 9.48 Å². The molecule has 1 atom stereocenters. The highest BCUT2D eigenvalue weighted by Gasteiger charge is 2.26. The van der Waals surface area contributed by atoms with Crippen LogP contribution in [0.1, 0.15) is 44.5 Å². The Morgan fingerprint density at radius 1 is 1.53 bits per heavy atom. The molecular formula is C14H26N4O. The van der Waals surface area contributed by atoms with Gasteiger partial charge in [-0.05, 0) is 39.7 Å². The molecule has 108 valence electrons. The third kappa shape index (κ3) is 4.67. The van der Waals surface area contributed by atoms with Crippen LogP contribution in [0.4, 0.5) is 0 Å². The van der Waals surface area contributed by atoms with Gasteiger partial charge in [-0.1, -0.05) is 13.3 Å². The highest BCUT2D eigenvalue weighted by Crippen LogP contribution is 2.08. The van der Waals surface area contributed by atoms with E-state index in [1.54, 1.807) is 6.92 Å². The number of nitrogens with zero attached hydrogens (tertiary/aromatic N) is 2. The number of aryl methyl sites for hydroxylation is 3. The highest BCUT2D eigenvalue weighted by atomic mass is 16.2. The van der Waals surface area contributed by atoms with Crippen molar-refractivity contribution in [2.75, 3.05) is 6.54 Å². The van der Waals surface area contributed by atoms with Crippen LogP contribution in [0.25, 0.3) is 0 Å². The van der Waals surface area contributed by atoms with Gasteiger partial charge in [0.05, 0.1) is 11.2 Å². The van der Waals surface area contributed by atoms with E-state index in [0.29, 0.717) is 13.0 Å². The van der Waals surface area contributed by atoms with Gasteiger partial charge < -0.3 is 11.1 Å². The van der Waals surface area contributed by atoms with Crippen LogP contribution in [0.3, 0.4) is 0 Å². The van der Waals surface area contributed by atoms with Crippen molar-refractivity contribution in [3.63, 3.8) is 0 Å². The molecule has 0 saturated heterocycles. The fourth-order valence-electron chi connectivity index (χ4n) is 2.17. The lowest BCUT2D eigenvalue weighted by Gasteiger charge is -2.22. The lowest BCUT2D eigenvalue weighted by atomic mass is 9.96. The third-order valence-electron chi connectivity index (χ3n) is 3.22. The molecule has 3 N–H and O–H groups in total. The van der Waals surface area contributed by atoms with Gasteiger partial charge >= 0.3 is 0 Å². The van der Waals surface area contributed by atoms with Crippen molar-refractivity contribution in [3.05, 3.63) is 17.5 Å². The van der Waals surface area contributed by atoms with Gasteiger partial charge in [0.1, 0.15) is 0 Å². The summed E-state index contributed by atoms with van der Waals surface area (Å²) in [5, 5.41) is 7.28. The SMILES string of the molecule is CCCC(C)(N)C(=O)NCCCn1nc(C)cc1C. The number of nitrogens with two attached hydrogens (primary N) is 1. The minimum Gasteiger partial charge on any atom is -0.354 e. The topological polar surface area (TPSA) is 72.9 Å². The molecule has 0 aliphatic heterocycles. The first-order chi connectivity index (χ1) is 8.86. The van der Waals surface area contributed by atoms with Crippen LogP contribution < -0.4 is 11.1 Å². The maximum atomic E-state index is 11.9. The molecule has 19 heavy (non-hydrogen) atoms. The van der Waals surface area contributed by atoms with Gasteiger partial charge in [-0.2, -0.15) is 5.10 Å². The van der Waals surface area contributed by atoms with E-state index >= 15 is 0 Å². The number of rotatable bonds is 7. The molecule has 1 unspecified atom stereocenters. The van der Waals surface area contributed by atoms with Crippen LogP contribution in [0.2, 0.25) is 0 Å². The monoisotopic (exact) mass is 266 g/mol. The van der Waals surface area contributed by atoms with E-state index in [-0.39, 0.29) is 5.91 Å². The number of nitrogens with one attached hydrogen (secondary N) is 1. The Balaban J connectivity index is 2.31. The van der Waals surface area contributed by atoms with Gasteiger partial charge in [-0.15, -0.1) is 0 Å². The predicted octanol–water partition coefficient (Wildman–Crippen LogP) is 1.52. The van der Waals surface area contributed by atoms with Gasteiger partial charge in [0.25, 0.3) is 0 Å². The second kappa shape index (κ2) is 6.70. The quantitative estimate of drug-likeness (QED) is 0.735. The summed E-state index contributed by atoms with van der Waals surface area (Å²) < 4.78 is 1.97. The van der Waals surface area contributed by atoms with Crippen molar-refractivity contribution in [3.8, 4) is 0 Å². The molecule has 0 aliphatic rings. The minimum atomic E-state index is -0.757. The van der Waals surface area contributed by atoms with Crippen molar-refractivity contribution < 1.29 is 4.79 Å². The molecule has 0 aromatic carbocycles. The number of hydrogen-bond acceptors (Lipinski definition) is 3. The van der Waals surface area contributed by atoms with Crippen molar-refractivity contribution in [2.45, 2.75) is 59.0 Å². The first-order valence-electron chi connectivity index (χ1n) is 6.95. The van der Waals surface area contributed by atoms with Gasteiger partial charge in [0.2, 0.25) is 5.91 Å². The summed E-state index contributed by atoms with van der Waals surface area (Å²) >= 11 is 0. The molecule has 0 saturated carbocycles. The van der Waals surface area contributed by atoms with Gasteiger partial charge in [0.15, 0.2) is 0 Å². The molecule has 1 aromatic rings. The largest absolute Gasteiger partial charge is 0.354 e. The van der Waals surface area contributed by atoms with Gasteiger partial charge in [0, 0.05) is 18.8 Å². The number of carbonyl (C=O) groups is 1. The van der Waals surface area contributed by atoms with E-state index in [9.17, 15) is 4.79 Å². The van der Waals surface area contributed by atoms with Gasteiger partial charge in [-0.25, -0.2) is 0 Å². The summed E-state index contributed by atoms with van der Waals surface area (Å²) in [6.45, 7) is 9.28. The molecule has 1 rings (SSSR count). The molecule has 0 radical (unpaired) electrons. The average Bonchev–Trinajstić information content (AvgIpc) is 2.63. The number of carbonyl (C=O) groups excluding carboxylic acids is 1. The molecule has 0 aliphatic carbocycles. The first kappa shape index (κ1) is 15.7. The molecular weight excluding hydrogens is 240 g/mol. The summed E-state index contributed by atoms with van der Waals surface area (Å²) in [7, 11) is 0. The van der Waals surface area contributed by atoms with Crippen LogP contribution in [0.15, 0.2) is 6.07 Å². The zero-order valence-electron chi connectivity index (χ0n) is 12.5.